The van der Waals surface area contributed by atoms with Crippen molar-refractivity contribution in [3.63, 3.8) is 0 Å². The first-order valence-corrected chi connectivity index (χ1v) is 12.0. The number of fused-ring (bicyclic) bond motifs is 1. The zero-order valence-corrected chi connectivity index (χ0v) is 18.8. The average Bonchev–Trinajstić information content (AvgIpc) is 3.22. The number of nitrogens with zero attached hydrogens (tertiary/aromatic N) is 2. The van der Waals surface area contributed by atoms with Crippen LogP contribution in [-0.2, 0) is 16.4 Å². The quantitative estimate of drug-likeness (QED) is 0.399. The molecule has 1 aromatic heterocycles. The predicted octanol–water partition coefficient (Wildman–Crippen LogP) is 4.02. The van der Waals surface area contributed by atoms with Gasteiger partial charge in [-0.2, -0.15) is 5.26 Å². The van der Waals surface area contributed by atoms with Gasteiger partial charge in [0, 0.05) is 5.69 Å². The molecule has 0 saturated carbocycles. The molecule has 0 aliphatic heterocycles. The normalized spacial score (nSPS) is 12.4. The van der Waals surface area contributed by atoms with Crippen LogP contribution in [0.15, 0.2) is 71.6 Å². The maximum absolute atomic E-state index is 13.1. The van der Waals surface area contributed by atoms with Gasteiger partial charge in [0.05, 0.1) is 39.9 Å². The Labute approximate surface area is 190 Å². The summed E-state index contributed by atoms with van der Waals surface area (Å²) in [5.41, 5.74) is 8.27. The van der Waals surface area contributed by atoms with Crippen LogP contribution in [0.1, 0.15) is 22.2 Å². The van der Waals surface area contributed by atoms with Crippen LogP contribution in [0.3, 0.4) is 0 Å². The maximum Gasteiger partial charge on any atom is 0.241 e. The molecule has 0 fully saturated rings. The van der Waals surface area contributed by atoms with Crippen molar-refractivity contribution < 1.29 is 13.2 Å². The summed E-state index contributed by atoms with van der Waals surface area (Å²) in [4.78, 5) is 4.79. The molecule has 1 heterocycles. The number of hydrogen-bond donors (Lipinski definition) is 2. The second-order valence-electron chi connectivity index (χ2n) is 7.14. The zero-order chi connectivity index (χ0) is 22.7. The van der Waals surface area contributed by atoms with Gasteiger partial charge in [-0.1, -0.05) is 12.1 Å². The van der Waals surface area contributed by atoms with E-state index in [4.69, 9.17) is 10.5 Å². The minimum atomic E-state index is -3.84. The lowest BCUT2D eigenvalue weighted by Gasteiger charge is -2.17. The van der Waals surface area contributed by atoms with Crippen LogP contribution in [0.25, 0.3) is 10.2 Å². The van der Waals surface area contributed by atoms with Gasteiger partial charge >= 0.3 is 0 Å². The van der Waals surface area contributed by atoms with E-state index in [1.807, 2.05) is 24.3 Å². The lowest BCUT2D eigenvalue weighted by atomic mass is 10.0. The molecule has 4 aromatic rings. The number of thiazole rings is 1. The Morgan fingerprint density at radius 3 is 2.66 bits per heavy atom. The molecule has 1 unspecified atom stereocenters. The van der Waals surface area contributed by atoms with E-state index in [-0.39, 0.29) is 4.90 Å². The van der Waals surface area contributed by atoms with Crippen molar-refractivity contribution in [1.82, 2.24) is 9.71 Å². The van der Waals surface area contributed by atoms with Gasteiger partial charge in [0.25, 0.3) is 0 Å². The van der Waals surface area contributed by atoms with E-state index < -0.39 is 16.1 Å². The van der Waals surface area contributed by atoms with Crippen molar-refractivity contribution >= 4 is 37.3 Å². The Morgan fingerprint density at radius 1 is 1.16 bits per heavy atom. The predicted molar refractivity (Wildman–Crippen MR) is 125 cm³/mol. The fourth-order valence-electron chi connectivity index (χ4n) is 3.28. The van der Waals surface area contributed by atoms with Crippen LogP contribution in [0.4, 0.5) is 5.69 Å². The van der Waals surface area contributed by atoms with E-state index in [2.05, 4.69) is 15.8 Å². The number of hydrogen-bond acceptors (Lipinski definition) is 7. The molecule has 9 heteroatoms. The van der Waals surface area contributed by atoms with E-state index in [9.17, 15) is 13.7 Å². The maximum atomic E-state index is 13.1. The summed E-state index contributed by atoms with van der Waals surface area (Å²) in [6.45, 7) is 0. The molecule has 4 rings (SSSR count). The molecular weight excluding hydrogens is 444 g/mol. The smallest absolute Gasteiger partial charge is 0.241 e. The second-order valence-corrected chi connectivity index (χ2v) is 9.92. The van der Waals surface area contributed by atoms with Crippen LogP contribution in [0.5, 0.6) is 5.75 Å². The minimum absolute atomic E-state index is 0.116. The summed E-state index contributed by atoms with van der Waals surface area (Å²) in [6.07, 6.45) is 0.334. The molecule has 3 N–H and O–H groups in total. The fraction of sp³-hybridized carbons (Fsp3) is 0.130. The Bertz CT molecular complexity index is 1410. The number of nitrogens with two attached hydrogens (primary N) is 1. The number of nitrogens with one attached hydrogen (secondary N) is 1. The SMILES string of the molecule is COc1ccc2nc(C(Cc3cccc(C#N)c3)NS(=O)(=O)c3ccc(N)cc3)sc2c1. The number of methoxy groups -OCH3 is 1. The molecule has 0 radical (unpaired) electrons. The van der Waals surface area contributed by atoms with Crippen molar-refractivity contribution in [2.45, 2.75) is 17.4 Å². The number of nitrogen functional groups attached to an aromatic ring is 1. The first kappa shape index (κ1) is 21.8. The van der Waals surface area contributed by atoms with Gasteiger partial charge in [-0.3, -0.25) is 0 Å². The molecule has 7 nitrogen and oxygen atoms in total. The molecule has 0 aliphatic rings. The van der Waals surface area contributed by atoms with Gasteiger partial charge in [-0.05, 0) is 66.6 Å². The van der Waals surface area contributed by atoms with Crippen molar-refractivity contribution in [2.24, 2.45) is 0 Å². The molecule has 162 valence electrons. The summed E-state index contributed by atoms with van der Waals surface area (Å²) in [5.74, 6) is 0.702. The largest absolute Gasteiger partial charge is 0.497 e. The van der Waals surface area contributed by atoms with Crippen molar-refractivity contribution in [2.75, 3.05) is 12.8 Å². The number of sulfonamides is 1. The summed E-state index contributed by atoms with van der Waals surface area (Å²) in [7, 11) is -2.25. The van der Waals surface area contributed by atoms with E-state index in [0.717, 1.165) is 15.8 Å². The lowest BCUT2D eigenvalue weighted by molar-refractivity contribution is 0.415. The highest BCUT2D eigenvalue weighted by atomic mass is 32.2. The van der Waals surface area contributed by atoms with Gasteiger partial charge in [0.15, 0.2) is 0 Å². The number of ether oxygens (including phenoxy) is 1. The second kappa shape index (κ2) is 8.96. The number of nitriles is 1. The summed E-state index contributed by atoms with van der Waals surface area (Å²) in [5, 5.41) is 9.84. The highest BCUT2D eigenvalue weighted by molar-refractivity contribution is 7.89. The van der Waals surface area contributed by atoms with Gasteiger partial charge in [0.1, 0.15) is 10.8 Å². The van der Waals surface area contributed by atoms with Crippen LogP contribution in [0, 0.1) is 11.3 Å². The first-order chi connectivity index (χ1) is 15.4. The minimum Gasteiger partial charge on any atom is -0.497 e. The Balaban J connectivity index is 1.74. The zero-order valence-electron chi connectivity index (χ0n) is 17.1. The third kappa shape index (κ3) is 4.73. The van der Waals surface area contributed by atoms with E-state index >= 15 is 0 Å². The van der Waals surface area contributed by atoms with Gasteiger partial charge in [-0.25, -0.2) is 18.1 Å². The van der Waals surface area contributed by atoms with Crippen molar-refractivity contribution in [3.8, 4) is 11.8 Å². The number of rotatable bonds is 7. The fourth-order valence-corrected chi connectivity index (χ4v) is 5.61. The van der Waals surface area contributed by atoms with Crippen molar-refractivity contribution in [1.29, 1.82) is 5.26 Å². The van der Waals surface area contributed by atoms with E-state index in [1.165, 1.54) is 23.5 Å². The van der Waals surface area contributed by atoms with Gasteiger partial charge < -0.3 is 10.5 Å². The molecule has 32 heavy (non-hydrogen) atoms. The van der Waals surface area contributed by atoms with Crippen LogP contribution in [-0.4, -0.2) is 20.5 Å². The van der Waals surface area contributed by atoms with Gasteiger partial charge in [0.2, 0.25) is 10.0 Å². The van der Waals surface area contributed by atoms with Crippen LogP contribution < -0.4 is 15.2 Å². The van der Waals surface area contributed by atoms with Crippen LogP contribution in [0.2, 0.25) is 0 Å². The molecule has 0 aliphatic carbocycles. The Hall–Kier alpha value is -3.45. The molecule has 0 bridgehead atoms. The van der Waals surface area contributed by atoms with Crippen LogP contribution >= 0.6 is 11.3 Å². The highest BCUT2D eigenvalue weighted by Crippen LogP contribution is 2.32. The number of anilines is 1. The number of benzene rings is 3. The summed E-state index contributed by atoms with van der Waals surface area (Å²) < 4.78 is 35.2. The third-order valence-electron chi connectivity index (χ3n) is 4.89. The van der Waals surface area contributed by atoms with Gasteiger partial charge in [-0.15, -0.1) is 11.3 Å². The lowest BCUT2D eigenvalue weighted by Crippen LogP contribution is -2.30. The first-order valence-electron chi connectivity index (χ1n) is 9.69. The summed E-state index contributed by atoms with van der Waals surface area (Å²) >= 11 is 1.40. The monoisotopic (exact) mass is 464 g/mol. The van der Waals surface area contributed by atoms with E-state index in [0.29, 0.717) is 28.4 Å². The molecule has 1 atom stereocenters. The molecular formula is C23H20N4O3S2. The average molecular weight is 465 g/mol. The molecule has 0 amide bonds. The third-order valence-corrected chi connectivity index (χ3v) is 7.51. The highest BCUT2D eigenvalue weighted by Gasteiger charge is 2.25. The molecule has 0 spiro atoms. The topological polar surface area (TPSA) is 118 Å². The Morgan fingerprint density at radius 2 is 1.94 bits per heavy atom. The molecule has 3 aromatic carbocycles. The Kier molecular flexibility index (Phi) is 6.10. The van der Waals surface area contributed by atoms with E-state index in [1.54, 1.807) is 37.4 Å². The molecule has 0 saturated heterocycles. The standard InChI is InChI=1S/C23H20N4O3S2/c1-30-18-7-10-20-22(13-18)31-23(26-20)21(12-15-3-2-4-16(11-15)14-24)27-32(28,29)19-8-5-17(25)6-9-19/h2-11,13,21,27H,12,25H2,1H3. The van der Waals surface area contributed by atoms with Crippen molar-refractivity contribution in [3.05, 3.63) is 82.9 Å². The number of aromatic nitrogens is 1. The summed E-state index contributed by atoms with van der Waals surface area (Å²) in [6, 6.07) is 20.1.